The lowest BCUT2D eigenvalue weighted by molar-refractivity contribution is -0.385. The van der Waals surface area contributed by atoms with Gasteiger partial charge in [0, 0.05) is 12.1 Å². The molecule has 0 aromatic heterocycles. The van der Waals surface area contributed by atoms with Gasteiger partial charge in [-0.25, -0.2) is 0 Å². The summed E-state index contributed by atoms with van der Waals surface area (Å²) >= 11 is 0. The fraction of sp³-hybridized carbons (Fsp3) is 0.0952. The summed E-state index contributed by atoms with van der Waals surface area (Å²) in [5.41, 5.74) is 2.21. The van der Waals surface area contributed by atoms with E-state index in [1.54, 1.807) is 0 Å². The van der Waals surface area contributed by atoms with E-state index in [4.69, 9.17) is 0 Å². The molecule has 0 radical (unpaired) electrons. The lowest BCUT2D eigenvalue weighted by Crippen LogP contribution is -2.17. The summed E-state index contributed by atoms with van der Waals surface area (Å²) in [6.45, 7) is 1.10. The lowest BCUT2D eigenvalue weighted by atomic mass is 10.2. The molecule has 0 atom stereocenters. The molecule has 0 bridgehead atoms. The highest BCUT2D eigenvalue weighted by molar-refractivity contribution is 5.84. The van der Waals surface area contributed by atoms with E-state index in [1.165, 1.54) is 24.4 Å². The molecule has 3 aromatic carbocycles. The largest absolute Gasteiger partial charge is 0.872 e. The van der Waals surface area contributed by atoms with Crippen molar-refractivity contribution in [3.8, 4) is 5.75 Å². The molecule has 3 aromatic rings. The number of nitrogens with zero attached hydrogens (tertiary/aromatic N) is 3. The smallest absolute Gasteiger partial charge is 0.270 e. The van der Waals surface area contributed by atoms with Crippen LogP contribution in [0.2, 0.25) is 0 Å². The summed E-state index contributed by atoms with van der Waals surface area (Å²) in [7, 11) is 0. The molecule has 136 valence electrons. The fourth-order valence-electron chi connectivity index (χ4n) is 2.62. The van der Waals surface area contributed by atoms with Crippen LogP contribution in [0.25, 0.3) is 0 Å². The average molecular weight is 360 g/mol. The number of rotatable bonds is 7. The molecule has 0 spiro atoms. The Bertz CT molecular complexity index is 886. The standard InChI is InChI=1S/C21H19N3O3/c25-21-12-11-20(24(26)27)13-19(21)14-22-23(15-17-7-3-1-4-8-17)16-18-9-5-2-6-10-18/h1-14,25H,15-16H2/p-1/b22-14-. The van der Waals surface area contributed by atoms with Crippen LogP contribution in [0.15, 0.2) is 84.0 Å². The van der Waals surface area contributed by atoms with Crippen molar-refractivity contribution >= 4 is 11.9 Å². The third-order valence-corrected chi connectivity index (χ3v) is 3.98. The zero-order valence-electron chi connectivity index (χ0n) is 14.6. The van der Waals surface area contributed by atoms with Crippen LogP contribution in [-0.2, 0) is 13.1 Å². The minimum Gasteiger partial charge on any atom is -0.872 e. The van der Waals surface area contributed by atoms with Crippen molar-refractivity contribution in [2.24, 2.45) is 5.10 Å². The molecule has 0 N–H and O–H groups in total. The second kappa shape index (κ2) is 8.62. The van der Waals surface area contributed by atoms with E-state index in [2.05, 4.69) is 5.10 Å². The maximum atomic E-state index is 12.0. The van der Waals surface area contributed by atoms with Gasteiger partial charge in [-0.3, -0.25) is 15.1 Å². The van der Waals surface area contributed by atoms with Crippen LogP contribution in [0.1, 0.15) is 16.7 Å². The van der Waals surface area contributed by atoms with Crippen molar-refractivity contribution in [2.45, 2.75) is 13.1 Å². The summed E-state index contributed by atoms with van der Waals surface area (Å²) in [6, 6.07) is 23.3. The van der Waals surface area contributed by atoms with Crippen molar-refractivity contribution in [1.29, 1.82) is 0 Å². The van der Waals surface area contributed by atoms with E-state index in [0.717, 1.165) is 11.1 Å². The summed E-state index contributed by atoms with van der Waals surface area (Å²) < 4.78 is 0. The maximum Gasteiger partial charge on any atom is 0.270 e. The molecule has 0 aliphatic carbocycles. The number of hydrazone groups is 1. The van der Waals surface area contributed by atoms with Crippen LogP contribution in [0.3, 0.4) is 0 Å². The van der Waals surface area contributed by atoms with Gasteiger partial charge in [-0.2, -0.15) is 5.10 Å². The first-order valence-corrected chi connectivity index (χ1v) is 8.44. The number of benzene rings is 3. The van der Waals surface area contributed by atoms with Crippen molar-refractivity contribution in [1.82, 2.24) is 5.01 Å². The van der Waals surface area contributed by atoms with Crippen LogP contribution >= 0.6 is 0 Å². The molecule has 0 fully saturated rings. The van der Waals surface area contributed by atoms with Crippen LogP contribution in [0.4, 0.5) is 5.69 Å². The van der Waals surface area contributed by atoms with Crippen molar-refractivity contribution in [3.05, 3.63) is 106 Å². The van der Waals surface area contributed by atoms with Gasteiger partial charge in [0.2, 0.25) is 0 Å². The van der Waals surface area contributed by atoms with Gasteiger partial charge in [0.1, 0.15) is 0 Å². The lowest BCUT2D eigenvalue weighted by Gasteiger charge is -2.20. The van der Waals surface area contributed by atoms with Crippen LogP contribution in [0.5, 0.6) is 5.75 Å². The maximum absolute atomic E-state index is 12.0. The van der Waals surface area contributed by atoms with Gasteiger partial charge >= 0.3 is 0 Å². The molecule has 0 amide bonds. The van der Waals surface area contributed by atoms with E-state index in [-0.39, 0.29) is 17.0 Å². The molecule has 6 heteroatoms. The minimum absolute atomic E-state index is 0.131. The second-order valence-corrected chi connectivity index (χ2v) is 6.02. The molecule has 0 saturated heterocycles. The van der Waals surface area contributed by atoms with Gasteiger partial charge < -0.3 is 5.11 Å². The molecule has 27 heavy (non-hydrogen) atoms. The third kappa shape index (κ3) is 5.15. The first-order chi connectivity index (χ1) is 13.1. The Morgan fingerprint density at radius 1 is 0.889 bits per heavy atom. The first-order valence-electron chi connectivity index (χ1n) is 8.44. The molecule has 0 unspecified atom stereocenters. The summed E-state index contributed by atoms with van der Waals surface area (Å²) in [6.07, 6.45) is 1.39. The number of nitro groups is 1. The van der Waals surface area contributed by atoms with Crippen LogP contribution in [0, 0.1) is 10.1 Å². The van der Waals surface area contributed by atoms with Gasteiger partial charge in [0.25, 0.3) is 5.69 Å². The van der Waals surface area contributed by atoms with E-state index in [1.807, 2.05) is 65.7 Å². The molecule has 3 rings (SSSR count). The number of hydrogen-bond donors (Lipinski definition) is 0. The normalized spacial score (nSPS) is 10.8. The van der Waals surface area contributed by atoms with E-state index >= 15 is 0 Å². The average Bonchev–Trinajstić information content (AvgIpc) is 2.68. The van der Waals surface area contributed by atoms with Gasteiger partial charge in [-0.15, -0.1) is 0 Å². The Kier molecular flexibility index (Phi) is 5.79. The molecule has 6 nitrogen and oxygen atoms in total. The highest BCUT2D eigenvalue weighted by Crippen LogP contribution is 2.20. The molecule has 0 aliphatic rings. The van der Waals surface area contributed by atoms with Crippen molar-refractivity contribution in [2.75, 3.05) is 0 Å². The summed E-state index contributed by atoms with van der Waals surface area (Å²) in [4.78, 5) is 10.4. The quantitative estimate of drug-likeness (QED) is 0.365. The van der Waals surface area contributed by atoms with Gasteiger partial charge in [-0.05, 0) is 16.7 Å². The SMILES string of the molecule is O=[N+]([O-])c1ccc([O-])c(/C=N\N(Cc2ccccc2)Cc2ccccc2)c1. The summed E-state index contributed by atoms with van der Waals surface area (Å²) in [5, 5.41) is 29.2. The number of non-ortho nitro benzene ring substituents is 1. The molecular formula is C21H18N3O3-. The van der Waals surface area contributed by atoms with Crippen LogP contribution in [-0.4, -0.2) is 16.1 Å². The van der Waals surface area contributed by atoms with Gasteiger partial charge in [0.15, 0.2) is 0 Å². The Balaban J connectivity index is 1.85. The number of nitro benzene ring substituents is 1. The van der Waals surface area contributed by atoms with Crippen LogP contribution < -0.4 is 5.11 Å². The Morgan fingerprint density at radius 2 is 1.44 bits per heavy atom. The van der Waals surface area contributed by atoms with Crippen molar-refractivity contribution in [3.63, 3.8) is 0 Å². The zero-order chi connectivity index (χ0) is 19.1. The Hall–Kier alpha value is -3.67. The second-order valence-electron chi connectivity index (χ2n) is 6.02. The monoisotopic (exact) mass is 360 g/mol. The zero-order valence-corrected chi connectivity index (χ0v) is 14.6. The summed E-state index contributed by atoms with van der Waals surface area (Å²) in [5.74, 6) is -0.302. The molecular weight excluding hydrogens is 342 g/mol. The van der Waals surface area contributed by atoms with E-state index in [0.29, 0.717) is 13.1 Å². The number of hydrogen-bond acceptors (Lipinski definition) is 5. The molecule has 0 saturated carbocycles. The predicted octanol–water partition coefficient (Wildman–Crippen LogP) is 3.70. The Morgan fingerprint density at radius 3 is 1.96 bits per heavy atom. The molecule has 0 aliphatic heterocycles. The highest BCUT2D eigenvalue weighted by Gasteiger charge is 2.07. The van der Waals surface area contributed by atoms with E-state index in [9.17, 15) is 15.2 Å². The topological polar surface area (TPSA) is 81.8 Å². The predicted molar refractivity (Wildman–Crippen MR) is 102 cm³/mol. The minimum atomic E-state index is -0.525. The Labute approximate surface area is 157 Å². The highest BCUT2D eigenvalue weighted by atomic mass is 16.6. The third-order valence-electron chi connectivity index (χ3n) is 3.98. The molecule has 0 heterocycles. The van der Waals surface area contributed by atoms with E-state index < -0.39 is 4.92 Å². The fourth-order valence-corrected chi connectivity index (χ4v) is 2.62. The van der Waals surface area contributed by atoms with Gasteiger partial charge in [-0.1, -0.05) is 72.5 Å². The van der Waals surface area contributed by atoms with Crippen molar-refractivity contribution < 1.29 is 10.0 Å². The first kappa shape index (κ1) is 18.1. The van der Waals surface area contributed by atoms with Gasteiger partial charge in [0.05, 0.1) is 24.2 Å².